The summed E-state index contributed by atoms with van der Waals surface area (Å²) in [5.41, 5.74) is 0.530. The van der Waals surface area contributed by atoms with Gasteiger partial charge in [0.15, 0.2) is 0 Å². The van der Waals surface area contributed by atoms with E-state index in [0.29, 0.717) is 24.4 Å². The highest BCUT2D eigenvalue weighted by Crippen LogP contribution is 2.19. The van der Waals surface area contributed by atoms with Gasteiger partial charge in [-0.25, -0.2) is 8.42 Å². The first-order valence-electron chi connectivity index (χ1n) is 7.84. The van der Waals surface area contributed by atoms with Crippen LogP contribution in [0.25, 0.3) is 0 Å². The minimum absolute atomic E-state index is 0.127. The number of ether oxygens (including phenoxy) is 1. The van der Waals surface area contributed by atoms with Crippen molar-refractivity contribution in [2.75, 3.05) is 33.3 Å². The van der Waals surface area contributed by atoms with Crippen LogP contribution in [0.5, 0.6) is 5.75 Å². The Morgan fingerprint density at radius 2 is 1.92 bits per heavy atom. The standard InChI is InChI=1S/C16H20N4O4S/c1-18-12-15(11-17-18)25(22,23)20-8-6-19(7-9-20)16(21)13-4-3-5-14(10-13)24-2/h3-5,10-12H,6-9H2,1-2H3. The third kappa shape index (κ3) is 3.52. The van der Waals surface area contributed by atoms with E-state index in [1.165, 1.54) is 21.4 Å². The number of methoxy groups -OCH3 is 1. The van der Waals surface area contributed by atoms with Gasteiger partial charge in [0.2, 0.25) is 10.0 Å². The molecule has 1 aliphatic heterocycles. The molecule has 134 valence electrons. The van der Waals surface area contributed by atoms with Gasteiger partial charge in [-0.15, -0.1) is 0 Å². The van der Waals surface area contributed by atoms with Gasteiger partial charge in [0.1, 0.15) is 10.6 Å². The number of benzene rings is 1. The first-order valence-corrected chi connectivity index (χ1v) is 9.28. The van der Waals surface area contributed by atoms with Crippen molar-refractivity contribution in [1.82, 2.24) is 19.0 Å². The quantitative estimate of drug-likeness (QED) is 0.792. The summed E-state index contributed by atoms with van der Waals surface area (Å²) >= 11 is 0. The van der Waals surface area contributed by atoms with Crippen LogP contribution < -0.4 is 4.74 Å². The molecule has 0 bridgehead atoms. The van der Waals surface area contributed by atoms with Crippen LogP contribution in [0.15, 0.2) is 41.6 Å². The van der Waals surface area contributed by atoms with E-state index in [1.54, 1.807) is 43.3 Å². The fourth-order valence-corrected chi connectivity index (χ4v) is 4.16. The van der Waals surface area contributed by atoms with Crippen molar-refractivity contribution < 1.29 is 17.9 Å². The van der Waals surface area contributed by atoms with Gasteiger partial charge in [-0.3, -0.25) is 9.48 Å². The van der Waals surface area contributed by atoms with Crippen molar-refractivity contribution in [3.63, 3.8) is 0 Å². The summed E-state index contributed by atoms with van der Waals surface area (Å²) in [6.45, 7) is 1.20. The van der Waals surface area contributed by atoms with Gasteiger partial charge < -0.3 is 9.64 Å². The molecular weight excluding hydrogens is 344 g/mol. The van der Waals surface area contributed by atoms with Gasteiger partial charge in [-0.2, -0.15) is 9.40 Å². The molecule has 2 aromatic rings. The summed E-state index contributed by atoms with van der Waals surface area (Å²) in [6, 6.07) is 6.94. The smallest absolute Gasteiger partial charge is 0.254 e. The van der Waals surface area contributed by atoms with E-state index in [0.717, 1.165) is 0 Å². The Morgan fingerprint density at radius 3 is 2.52 bits per heavy atom. The summed E-state index contributed by atoms with van der Waals surface area (Å²) in [6.07, 6.45) is 2.81. The number of aryl methyl sites for hydroxylation is 1. The topological polar surface area (TPSA) is 84.7 Å². The zero-order valence-corrected chi connectivity index (χ0v) is 14.9. The Kier molecular flexibility index (Phi) is 4.78. The fourth-order valence-electron chi connectivity index (χ4n) is 2.75. The number of hydrogen-bond donors (Lipinski definition) is 0. The van der Waals surface area contributed by atoms with E-state index >= 15 is 0 Å². The highest BCUT2D eigenvalue weighted by atomic mass is 32.2. The molecule has 8 nitrogen and oxygen atoms in total. The van der Waals surface area contributed by atoms with E-state index in [2.05, 4.69) is 5.10 Å². The third-order valence-electron chi connectivity index (χ3n) is 4.16. The zero-order valence-electron chi connectivity index (χ0n) is 14.1. The number of hydrogen-bond acceptors (Lipinski definition) is 5. The first kappa shape index (κ1) is 17.4. The lowest BCUT2D eigenvalue weighted by atomic mass is 10.1. The number of carbonyl (C=O) groups excluding carboxylic acids is 1. The molecule has 0 spiro atoms. The van der Waals surface area contributed by atoms with Crippen LogP contribution in [0.3, 0.4) is 0 Å². The Bertz CT molecular complexity index is 870. The van der Waals surface area contributed by atoms with E-state index in [4.69, 9.17) is 4.74 Å². The first-order chi connectivity index (χ1) is 11.9. The molecule has 1 amide bonds. The summed E-state index contributed by atoms with van der Waals surface area (Å²) in [5.74, 6) is 0.487. The van der Waals surface area contributed by atoms with Crippen molar-refractivity contribution in [1.29, 1.82) is 0 Å². The van der Waals surface area contributed by atoms with Gasteiger partial charge in [-0.05, 0) is 18.2 Å². The largest absolute Gasteiger partial charge is 0.497 e. The number of amides is 1. The predicted molar refractivity (Wildman–Crippen MR) is 90.9 cm³/mol. The molecule has 0 unspecified atom stereocenters. The van der Waals surface area contributed by atoms with E-state index in [-0.39, 0.29) is 23.9 Å². The van der Waals surface area contributed by atoms with Crippen LogP contribution in [-0.2, 0) is 17.1 Å². The molecule has 9 heteroatoms. The van der Waals surface area contributed by atoms with Crippen LogP contribution in [-0.4, -0.2) is 66.6 Å². The Labute approximate surface area is 146 Å². The van der Waals surface area contributed by atoms with E-state index < -0.39 is 10.0 Å². The second-order valence-electron chi connectivity index (χ2n) is 5.78. The summed E-state index contributed by atoms with van der Waals surface area (Å²) in [4.78, 5) is 14.4. The number of nitrogens with zero attached hydrogens (tertiary/aromatic N) is 4. The van der Waals surface area contributed by atoms with Gasteiger partial charge in [0.05, 0.1) is 13.3 Å². The van der Waals surface area contributed by atoms with Gasteiger partial charge in [-0.1, -0.05) is 6.07 Å². The molecule has 0 atom stereocenters. The highest BCUT2D eigenvalue weighted by molar-refractivity contribution is 7.89. The SMILES string of the molecule is COc1cccc(C(=O)N2CCN(S(=O)(=O)c3cnn(C)c3)CC2)c1. The van der Waals surface area contributed by atoms with E-state index in [9.17, 15) is 13.2 Å². The number of sulfonamides is 1. The summed E-state index contributed by atoms with van der Waals surface area (Å²) < 4.78 is 33.1. The summed E-state index contributed by atoms with van der Waals surface area (Å²) in [5, 5.41) is 3.91. The molecule has 3 rings (SSSR count). The van der Waals surface area contributed by atoms with Gasteiger partial charge >= 0.3 is 0 Å². The number of rotatable bonds is 4. The molecule has 25 heavy (non-hydrogen) atoms. The molecule has 0 aliphatic carbocycles. The Balaban J connectivity index is 1.68. The van der Waals surface area contributed by atoms with E-state index in [1.807, 2.05) is 0 Å². The second kappa shape index (κ2) is 6.85. The molecule has 1 aromatic heterocycles. The maximum atomic E-state index is 12.6. The minimum atomic E-state index is -3.57. The molecular formula is C16H20N4O4S. The van der Waals surface area contributed by atoms with Crippen molar-refractivity contribution >= 4 is 15.9 Å². The second-order valence-corrected chi connectivity index (χ2v) is 7.72. The normalized spacial score (nSPS) is 16.0. The number of piperazine rings is 1. The van der Waals surface area contributed by atoms with Crippen LogP contribution in [0.1, 0.15) is 10.4 Å². The van der Waals surface area contributed by atoms with Crippen molar-refractivity contribution in [3.05, 3.63) is 42.2 Å². The number of aromatic nitrogens is 2. The lowest BCUT2D eigenvalue weighted by Crippen LogP contribution is -2.50. The molecule has 0 saturated carbocycles. The molecule has 1 aromatic carbocycles. The van der Waals surface area contributed by atoms with Gasteiger partial charge in [0.25, 0.3) is 5.91 Å². The molecule has 1 saturated heterocycles. The lowest BCUT2D eigenvalue weighted by Gasteiger charge is -2.33. The minimum Gasteiger partial charge on any atom is -0.497 e. The lowest BCUT2D eigenvalue weighted by molar-refractivity contribution is 0.0697. The van der Waals surface area contributed by atoms with Crippen LogP contribution in [0.4, 0.5) is 0 Å². The fraction of sp³-hybridized carbons (Fsp3) is 0.375. The van der Waals surface area contributed by atoms with Crippen molar-refractivity contribution in [2.24, 2.45) is 7.05 Å². The Hall–Kier alpha value is -2.39. The van der Waals surface area contributed by atoms with Crippen molar-refractivity contribution in [2.45, 2.75) is 4.90 Å². The predicted octanol–water partition coefficient (Wildman–Crippen LogP) is 0.575. The monoisotopic (exact) mass is 364 g/mol. The van der Waals surface area contributed by atoms with Crippen LogP contribution in [0, 0.1) is 0 Å². The average molecular weight is 364 g/mol. The maximum absolute atomic E-state index is 12.6. The maximum Gasteiger partial charge on any atom is 0.254 e. The number of carbonyl (C=O) groups is 1. The summed E-state index contributed by atoms with van der Waals surface area (Å²) in [7, 11) is -0.356. The molecule has 0 N–H and O–H groups in total. The molecule has 1 fully saturated rings. The molecule has 2 heterocycles. The average Bonchev–Trinajstić information content (AvgIpc) is 3.08. The third-order valence-corrected chi connectivity index (χ3v) is 6.01. The van der Waals surface area contributed by atoms with Crippen LogP contribution in [0.2, 0.25) is 0 Å². The van der Waals surface area contributed by atoms with Crippen molar-refractivity contribution in [3.8, 4) is 5.75 Å². The highest BCUT2D eigenvalue weighted by Gasteiger charge is 2.31. The van der Waals surface area contributed by atoms with Crippen LogP contribution >= 0.6 is 0 Å². The van der Waals surface area contributed by atoms with Gasteiger partial charge in [0, 0.05) is 45.0 Å². The Morgan fingerprint density at radius 1 is 1.20 bits per heavy atom. The zero-order chi connectivity index (χ0) is 18.0. The molecule has 0 radical (unpaired) electrons. The molecule has 1 aliphatic rings.